The highest BCUT2D eigenvalue weighted by Crippen LogP contribution is 2.14. The van der Waals surface area contributed by atoms with E-state index in [9.17, 15) is 0 Å². The molecule has 0 unspecified atom stereocenters. The molecule has 0 atom stereocenters. The number of benzene rings is 1. The van der Waals surface area contributed by atoms with Crippen LogP contribution in [-0.2, 0) is 13.0 Å². The Hall–Kier alpha value is -1.68. The highest BCUT2D eigenvalue weighted by atomic mass is 15.3. The zero-order chi connectivity index (χ0) is 12.1. The van der Waals surface area contributed by atoms with E-state index >= 15 is 0 Å². The van der Waals surface area contributed by atoms with Gasteiger partial charge in [-0.2, -0.15) is 0 Å². The van der Waals surface area contributed by atoms with Crippen LogP contribution in [0.3, 0.4) is 0 Å². The summed E-state index contributed by atoms with van der Waals surface area (Å²) in [5, 5.41) is 8.39. The molecule has 0 aliphatic carbocycles. The van der Waals surface area contributed by atoms with Crippen molar-refractivity contribution in [3.8, 4) is 5.69 Å². The van der Waals surface area contributed by atoms with Crippen LogP contribution in [0.2, 0.25) is 0 Å². The lowest BCUT2D eigenvalue weighted by molar-refractivity contribution is 0.729. The van der Waals surface area contributed by atoms with E-state index in [1.54, 1.807) is 0 Å². The van der Waals surface area contributed by atoms with Gasteiger partial charge in [-0.3, -0.25) is 4.57 Å². The Morgan fingerprint density at radius 2 is 1.82 bits per heavy atom. The lowest BCUT2D eigenvalue weighted by Crippen LogP contribution is -2.09. The van der Waals surface area contributed by atoms with Gasteiger partial charge in [0.15, 0.2) is 5.82 Å². The fourth-order valence-corrected chi connectivity index (χ4v) is 1.86. The minimum atomic E-state index is 0.411. The Bertz CT molecular complexity index is 462. The average molecular weight is 230 g/mol. The van der Waals surface area contributed by atoms with Crippen LogP contribution in [0.5, 0.6) is 0 Å². The van der Waals surface area contributed by atoms with Crippen LogP contribution >= 0.6 is 0 Å². The zero-order valence-corrected chi connectivity index (χ0v) is 10.1. The normalized spacial score (nSPS) is 10.7. The molecule has 0 saturated heterocycles. The Morgan fingerprint density at radius 1 is 1.12 bits per heavy atom. The zero-order valence-electron chi connectivity index (χ0n) is 10.1. The first-order chi connectivity index (χ1) is 8.36. The summed E-state index contributed by atoms with van der Waals surface area (Å²) in [6.07, 6.45) is 3.22. The summed E-state index contributed by atoms with van der Waals surface area (Å²) < 4.78 is 2.07. The van der Waals surface area contributed by atoms with Crippen molar-refractivity contribution >= 4 is 0 Å². The number of unbranched alkanes of at least 4 members (excludes halogenated alkanes) is 1. The van der Waals surface area contributed by atoms with Crippen LogP contribution in [-0.4, -0.2) is 14.8 Å². The van der Waals surface area contributed by atoms with Crippen LogP contribution in [0, 0.1) is 0 Å². The van der Waals surface area contributed by atoms with Gasteiger partial charge in [0.25, 0.3) is 0 Å². The first-order valence-electron chi connectivity index (χ1n) is 6.05. The van der Waals surface area contributed by atoms with E-state index in [1.165, 1.54) is 0 Å². The predicted octanol–water partition coefficient (Wildman–Crippen LogP) is 2.07. The molecular weight excluding hydrogens is 212 g/mol. The van der Waals surface area contributed by atoms with Crippen LogP contribution in [0.4, 0.5) is 0 Å². The van der Waals surface area contributed by atoms with Crippen molar-refractivity contribution in [1.29, 1.82) is 0 Å². The van der Waals surface area contributed by atoms with Crippen molar-refractivity contribution < 1.29 is 0 Å². The van der Waals surface area contributed by atoms with Gasteiger partial charge in [-0.1, -0.05) is 31.5 Å². The molecule has 0 amide bonds. The van der Waals surface area contributed by atoms with E-state index in [0.717, 1.165) is 36.6 Å². The fourth-order valence-electron chi connectivity index (χ4n) is 1.86. The molecule has 1 aromatic heterocycles. The van der Waals surface area contributed by atoms with Crippen LogP contribution in [0.25, 0.3) is 5.69 Å². The number of hydrogen-bond donors (Lipinski definition) is 1. The van der Waals surface area contributed by atoms with E-state index in [2.05, 4.69) is 33.8 Å². The Balaban J connectivity index is 2.39. The van der Waals surface area contributed by atoms with Gasteiger partial charge in [0.2, 0.25) is 0 Å². The molecule has 2 aromatic rings. The third kappa shape index (κ3) is 2.53. The Kier molecular flexibility index (Phi) is 3.88. The summed E-state index contributed by atoms with van der Waals surface area (Å²) in [6.45, 7) is 2.58. The van der Waals surface area contributed by atoms with Gasteiger partial charge in [-0.25, -0.2) is 0 Å². The van der Waals surface area contributed by atoms with Gasteiger partial charge < -0.3 is 5.73 Å². The summed E-state index contributed by atoms with van der Waals surface area (Å²) >= 11 is 0. The Morgan fingerprint density at radius 3 is 2.47 bits per heavy atom. The lowest BCUT2D eigenvalue weighted by Gasteiger charge is -2.08. The second-order valence-electron chi connectivity index (χ2n) is 4.01. The molecule has 4 nitrogen and oxygen atoms in total. The van der Waals surface area contributed by atoms with Crippen molar-refractivity contribution in [2.45, 2.75) is 32.7 Å². The SMILES string of the molecule is CCCCc1nnc(CN)n1-c1ccccc1. The lowest BCUT2D eigenvalue weighted by atomic mass is 10.2. The topological polar surface area (TPSA) is 56.7 Å². The van der Waals surface area contributed by atoms with Crippen LogP contribution < -0.4 is 5.73 Å². The number of aromatic nitrogens is 3. The summed E-state index contributed by atoms with van der Waals surface area (Å²) in [6, 6.07) is 10.1. The molecule has 2 N–H and O–H groups in total. The molecular formula is C13H18N4. The van der Waals surface area contributed by atoms with E-state index in [4.69, 9.17) is 5.73 Å². The van der Waals surface area contributed by atoms with E-state index in [1.807, 2.05) is 18.2 Å². The number of rotatable bonds is 5. The number of hydrogen-bond acceptors (Lipinski definition) is 3. The molecule has 1 aromatic carbocycles. The third-order valence-electron chi connectivity index (χ3n) is 2.75. The van der Waals surface area contributed by atoms with Crippen LogP contribution in [0.1, 0.15) is 31.4 Å². The highest BCUT2D eigenvalue weighted by molar-refractivity contribution is 5.33. The summed E-state index contributed by atoms with van der Waals surface area (Å²) in [5.41, 5.74) is 6.79. The quantitative estimate of drug-likeness (QED) is 0.855. The molecule has 0 fully saturated rings. The molecule has 0 bridgehead atoms. The molecule has 90 valence electrons. The number of nitrogens with two attached hydrogens (primary N) is 1. The molecule has 1 heterocycles. The van der Waals surface area contributed by atoms with Crippen LogP contribution in [0.15, 0.2) is 30.3 Å². The molecule has 2 rings (SSSR count). The maximum absolute atomic E-state index is 5.71. The summed E-state index contributed by atoms with van der Waals surface area (Å²) in [4.78, 5) is 0. The number of aryl methyl sites for hydroxylation is 1. The number of nitrogens with zero attached hydrogens (tertiary/aromatic N) is 3. The first kappa shape index (κ1) is 11.8. The molecule has 0 radical (unpaired) electrons. The molecule has 0 aliphatic heterocycles. The molecule has 0 saturated carbocycles. The van der Waals surface area contributed by atoms with Crippen molar-refractivity contribution in [3.05, 3.63) is 42.0 Å². The maximum atomic E-state index is 5.71. The molecule has 17 heavy (non-hydrogen) atoms. The largest absolute Gasteiger partial charge is 0.324 e. The fraction of sp³-hybridized carbons (Fsp3) is 0.385. The highest BCUT2D eigenvalue weighted by Gasteiger charge is 2.11. The van der Waals surface area contributed by atoms with Crippen molar-refractivity contribution in [3.63, 3.8) is 0 Å². The van der Waals surface area contributed by atoms with Crippen molar-refractivity contribution in [1.82, 2.24) is 14.8 Å². The Labute approximate surface area is 101 Å². The molecule has 0 spiro atoms. The third-order valence-corrected chi connectivity index (χ3v) is 2.75. The maximum Gasteiger partial charge on any atom is 0.151 e. The standard InChI is InChI=1S/C13H18N4/c1-2-3-9-12-15-16-13(10-14)17(12)11-7-5-4-6-8-11/h4-8H,2-3,9-10,14H2,1H3. The van der Waals surface area contributed by atoms with E-state index in [0.29, 0.717) is 6.54 Å². The summed E-state index contributed by atoms with van der Waals surface area (Å²) in [7, 11) is 0. The monoisotopic (exact) mass is 230 g/mol. The van der Waals surface area contributed by atoms with Gasteiger partial charge in [0.05, 0.1) is 6.54 Å². The van der Waals surface area contributed by atoms with Gasteiger partial charge in [0.1, 0.15) is 5.82 Å². The van der Waals surface area contributed by atoms with E-state index in [-0.39, 0.29) is 0 Å². The van der Waals surface area contributed by atoms with Crippen molar-refractivity contribution in [2.75, 3.05) is 0 Å². The summed E-state index contributed by atoms with van der Waals surface area (Å²) in [5.74, 6) is 1.82. The minimum absolute atomic E-state index is 0.411. The van der Waals surface area contributed by atoms with Gasteiger partial charge in [-0.05, 0) is 18.6 Å². The van der Waals surface area contributed by atoms with Crippen molar-refractivity contribution in [2.24, 2.45) is 5.73 Å². The van der Waals surface area contributed by atoms with E-state index < -0.39 is 0 Å². The molecule has 0 aliphatic rings. The van der Waals surface area contributed by atoms with Gasteiger partial charge >= 0.3 is 0 Å². The number of para-hydroxylation sites is 1. The smallest absolute Gasteiger partial charge is 0.151 e. The second-order valence-corrected chi connectivity index (χ2v) is 4.01. The second kappa shape index (κ2) is 5.59. The average Bonchev–Trinajstić information content (AvgIpc) is 2.80. The molecule has 4 heteroatoms. The van der Waals surface area contributed by atoms with Gasteiger partial charge in [-0.15, -0.1) is 10.2 Å². The first-order valence-corrected chi connectivity index (χ1v) is 6.05. The van der Waals surface area contributed by atoms with Gasteiger partial charge in [0, 0.05) is 12.1 Å². The minimum Gasteiger partial charge on any atom is -0.324 e. The predicted molar refractivity (Wildman–Crippen MR) is 67.9 cm³/mol.